The van der Waals surface area contributed by atoms with Crippen molar-refractivity contribution in [2.24, 2.45) is 0 Å². The van der Waals surface area contributed by atoms with Crippen molar-refractivity contribution in [3.8, 4) is 23.1 Å². The van der Waals surface area contributed by atoms with Gasteiger partial charge in [-0.15, -0.1) is 0 Å². The fraction of sp³-hybridized carbons (Fsp3) is 0.0455. The molecule has 29 heavy (non-hydrogen) atoms. The van der Waals surface area contributed by atoms with Crippen LogP contribution in [-0.4, -0.2) is 19.0 Å². The number of carboxylic acids is 1. The molecule has 0 atom stereocenters. The number of hydrogen-bond donors (Lipinski definition) is 1. The van der Waals surface area contributed by atoms with E-state index in [9.17, 15) is 20.0 Å². The quantitative estimate of drug-likeness (QED) is 0.514. The fourth-order valence-electron chi connectivity index (χ4n) is 2.61. The van der Waals surface area contributed by atoms with Gasteiger partial charge in [-0.1, -0.05) is 24.3 Å². The van der Waals surface area contributed by atoms with Crippen molar-refractivity contribution in [2.75, 3.05) is 12.4 Å². The molecule has 1 amide bonds. The highest BCUT2D eigenvalue weighted by molar-refractivity contribution is 6.09. The number of anilines is 1. The van der Waals surface area contributed by atoms with E-state index in [-0.39, 0.29) is 22.7 Å². The largest absolute Gasteiger partial charge is 0.545 e. The summed E-state index contributed by atoms with van der Waals surface area (Å²) >= 11 is 0. The van der Waals surface area contributed by atoms with Gasteiger partial charge in [0, 0.05) is 22.9 Å². The average Bonchev–Trinajstić information content (AvgIpc) is 3.21. The third-order valence-electron chi connectivity index (χ3n) is 4.04. The molecule has 0 aliphatic rings. The molecule has 7 heteroatoms. The summed E-state index contributed by atoms with van der Waals surface area (Å²) in [5.74, 6) is -0.783. The number of nitrogens with one attached hydrogen (secondary N) is 1. The molecule has 0 bridgehead atoms. The molecular formula is C22H15N2O5-. The van der Waals surface area contributed by atoms with E-state index in [1.54, 1.807) is 54.6 Å². The Bertz CT molecular complexity index is 1120. The van der Waals surface area contributed by atoms with Crippen LogP contribution >= 0.6 is 0 Å². The molecule has 0 spiro atoms. The van der Waals surface area contributed by atoms with Crippen molar-refractivity contribution in [1.29, 1.82) is 5.26 Å². The zero-order valence-electron chi connectivity index (χ0n) is 15.3. The van der Waals surface area contributed by atoms with Crippen LogP contribution in [-0.2, 0) is 4.79 Å². The van der Waals surface area contributed by atoms with Crippen molar-refractivity contribution in [1.82, 2.24) is 0 Å². The summed E-state index contributed by atoms with van der Waals surface area (Å²) < 4.78 is 10.7. The third-order valence-corrected chi connectivity index (χ3v) is 4.04. The monoisotopic (exact) mass is 387 g/mol. The molecule has 0 radical (unpaired) electrons. The number of nitrogens with zero attached hydrogens (tertiary/aromatic N) is 1. The van der Waals surface area contributed by atoms with Crippen molar-refractivity contribution >= 4 is 23.6 Å². The van der Waals surface area contributed by atoms with Gasteiger partial charge in [0.2, 0.25) is 0 Å². The summed E-state index contributed by atoms with van der Waals surface area (Å²) in [4.78, 5) is 23.6. The van der Waals surface area contributed by atoms with Gasteiger partial charge in [0.1, 0.15) is 28.9 Å². The molecule has 1 heterocycles. The number of nitriles is 1. The number of benzene rings is 2. The van der Waals surface area contributed by atoms with Crippen molar-refractivity contribution in [3.63, 3.8) is 0 Å². The first-order valence-corrected chi connectivity index (χ1v) is 8.49. The fourth-order valence-corrected chi connectivity index (χ4v) is 2.61. The first kappa shape index (κ1) is 19.5. The second kappa shape index (κ2) is 8.59. The van der Waals surface area contributed by atoms with Crippen LogP contribution in [0.25, 0.3) is 17.4 Å². The molecule has 0 unspecified atom stereocenters. The van der Waals surface area contributed by atoms with Gasteiger partial charge in [-0.3, -0.25) is 4.79 Å². The van der Waals surface area contributed by atoms with Crippen molar-refractivity contribution in [3.05, 3.63) is 77.6 Å². The van der Waals surface area contributed by atoms with Crippen LogP contribution in [0.3, 0.4) is 0 Å². The normalized spacial score (nSPS) is 10.8. The van der Waals surface area contributed by atoms with Gasteiger partial charge in [0.15, 0.2) is 0 Å². The predicted molar refractivity (Wildman–Crippen MR) is 104 cm³/mol. The molecule has 0 saturated carbocycles. The van der Waals surface area contributed by atoms with Gasteiger partial charge in [0.05, 0.1) is 13.1 Å². The van der Waals surface area contributed by atoms with Crippen LogP contribution in [0.1, 0.15) is 16.1 Å². The Balaban J connectivity index is 1.82. The number of carbonyl (C=O) groups excluding carboxylic acids is 2. The Kier molecular flexibility index (Phi) is 5.76. The molecule has 7 nitrogen and oxygen atoms in total. The standard InChI is InChI=1S/C22H16N2O5/c1-28-16-8-6-15(7-9-16)24-21(25)14(13-23)12-17-10-11-20(29-17)18-4-2-3-5-19(18)22(26)27/h2-12H,1H3,(H,24,25)(H,26,27)/p-1/b14-12+. The Hall–Kier alpha value is -4.31. The van der Waals surface area contributed by atoms with E-state index >= 15 is 0 Å². The van der Waals surface area contributed by atoms with E-state index in [1.807, 2.05) is 6.07 Å². The first-order chi connectivity index (χ1) is 14.0. The molecule has 0 aliphatic carbocycles. The van der Waals surface area contributed by atoms with E-state index in [0.29, 0.717) is 17.0 Å². The van der Waals surface area contributed by atoms with Crippen LogP contribution in [0.4, 0.5) is 5.69 Å². The first-order valence-electron chi connectivity index (χ1n) is 8.49. The van der Waals surface area contributed by atoms with Gasteiger partial charge in [-0.05, 0) is 36.4 Å². The van der Waals surface area contributed by atoms with Crippen molar-refractivity contribution < 1.29 is 23.8 Å². The van der Waals surface area contributed by atoms with Gasteiger partial charge in [-0.25, -0.2) is 0 Å². The smallest absolute Gasteiger partial charge is 0.266 e. The number of furan rings is 1. The van der Waals surface area contributed by atoms with E-state index in [0.717, 1.165) is 0 Å². The molecule has 0 fully saturated rings. The molecule has 3 rings (SSSR count). The summed E-state index contributed by atoms with van der Waals surface area (Å²) in [7, 11) is 1.53. The SMILES string of the molecule is COc1ccc(NC(=O)/C(C#N)=C/c2ccc(-c3ccccc3C(=O)[O-])o2)cc1. The summed E-state index contributed by atoms with van der Waals surface area (Å²) in [6, 6.07) is 17.8. The molecule has 144 valence electrons. The Morgan fingerprint density at radius 2 is 1.83 bits per heavy atom. The van der Waals surface area contributed by atoms with Crippen LogP contribution in [0.2, 0.25) is 0 Å². The Morgan fingerprint density at radius 1 is 1.10 bits per heavy atom. The van der Waals surface area contributed by atoms with Gasteiger partial charge in [-0.2, -0.15) is 5.26 Å². The van der Waals surface area contributed by atoms with E-state index in [4.69, 9.17) is 9.15 Å². The lowest BCUT2D eigenvalue weighted by molar-refractivity contribution is -0.254. The molecule has 1 aromatic heterocycles. The minimum Gasteiger partial charge on any atom is -0.545 e. The number of carboxylic acid groups (broad SMARTS) is 1. The topological polar surface area (TPSA) is 115 Å². The van der Waals surface area contributed by atoms with Crippen LogP contribution in [0.15, 0.2) is 70.7 Å². The molecule has 2 aromatic carbocycles. The lowest BCUT2D eigenvalue weighted by Gasteiger charge is -2.07. The lowest BCUT2D eigenvalue weighted by Crippen LogP contribution is -2.22. The second-order valence-corrected chi connectivity index (χ2v) is 5.89. The van der Waals surface area contributed by atoms with Gasteiger partial charge >= 0.3 is 0 Å². The maximum atomic E-state index is 12.4. The highest BCUT2D eigenvalue weighted by atomic mass is 16.5. The summed E-state index contributed by atoms with van der Waals surface area (Å²) in [5, 5.41) is 23.2. The predicted octanol–water partition coefficient (Wildman–Crippen LogP) is 2.86. The molecular weight excluding hydrogens is 372 g/mol. The molecule has 1 N–H and O–H groups in total. The summed E-state index contributed by atoms with van der Waals surface area (Å²) in [6.07, 6.45) is 1.28. The highest BCUT2D eigenvalue weighted by Gasteiger charge is 2.13. The highest BCUT2D eigenvalue weighted by Crippen LogP contribution is 2.26. The van der Waals surface area contributed by atoms with E-state index in [2.05, 4.69) is 5.32 Å². The zero-order chi connectivity index (χ0) is 20.8. The Morgan fingerprint density at radius 3 is 2.48 bits per heavy atom. The average molecular weight is 387 g/mol. The van der Waals surface area contributed by atoms with Crippen LogP contribution in [0.5, 0.6) is 5.75 Å². The zero-order valence-corrected chi connectivity index (χ0v) is 15.3. The number of methoxy groups -OCH3 is 1. The number of ether oxygens (including phenoxy) is 1. The van der Waals surface area contributed by atoms with E-state index in [1.165, 1.54) is 19.3 Å². The third kappa shape index (κ3) is 4.51. The number of aromatic carboxylic acids is 1. The van der Waals surface area contributed by atoms with Gasteiger partial charge in [0.25, 0.3) is 5.91 Å². The minimum absolute atomic E-state index is 0.0184. The minimum atomic E-state index is -1.33. The summed E-state index contributed by atoms with van der Waals surface area (Å²) in [6.45, 7) is 0. The molecule has 0 saturated heterocycles. The maximum Gasteiger partial charge on any atom is 0.266 e. The van der Waals surface area contributed by atoms with E-state index < -0.39 is 11.9 Å². The number of carbonyl (C=O) groups is 2. The number of amides is 1. The number of hydrogen-bond acceptors (Lipinski definition) is 6. The number of rotatable bonds is 6. The molecule has 0 aliphatic heterocycles. The van der Waals surface area contributed by atoms with Crippen LogP contribution in [0, 0.1) is 11.3 Å². The second-order valence-electron chi connectivity index (χ2n) is 5.89. The van der Waals surface area contributed by atoms with Crippen molar-refractivity contribution in [2.45, 2.75) is 0 Å². The lowest BCUT2D eigenvalue weighted by atomic mass is 10.1. The van der Waals surface area contributed by atoms with Gasteiger partial charge < -0.3 is 24.4 Å². The summed E-state index contributed by atoms with van der Waals surface area (Å²) in [5.41, 5.74) is 0.651. The van der Waals surface area contributed by atoms with Crippen LogP contribution < -0.4 is 15.2 Å². The maximum absolute atomic E-state index is 12.4. The molecule has 3 aromatic rings. The Labute approximate surface area is 166 Å².